The molecule has 0 aliphatic carbocycles. The third-order valence-corrected chi connectivity index (χ3v) is 5.10. The van der Waals surface area contributed by atoms with E-state index in [2.05, 4.69) is 5.10 Å². The second kappa shape index (κ2) is 3.92. The molecule has 90 valence electrons. The van der Waals surface area contributed by atoms with Crippen molar-refractivity contribution in [2.75, 3.05) is 17.2 Å². The van der Waals surface area contributed by atoms with Crippen LogP contribution in [0, 0.1) is 6.92 Å². The molecule has 16 heavy (non-hydrogen) atoms. The van der Waals surface area contributed by atoms with Crippen molar-refractivity contribution >= 4 is 27.3 Å². The number of nitrogen functional groups attached to an aromatic ring is 1. The molecular formula is C9H14ClN3O2S. The molecule has 1 aliphatic rings. The van der Waals surface area contributed by atoms with Crippen LogP contribution in [0.5, 0.6) is 0 Å². The fraction of sp³-hybridized carbons (Fsp3) is 0.667. The Labute approximate surface area is 99.5 Å². The molecule has 1 aliphatic heterocycles. The monoisotopic (exact) mass is 263 g/mol. The van der Waals surface area contributed by atoms with Crippen molar-refractivity contribution in [1.29, 1.82) is 0 Å². The third-order valence-electron chi connectivity index (χ3n) is 2.83. The fourth-order valence-electron chi connectivity index (χ4n) is 2.02. The van der Waals surface area contributed by atoms with Crippen LogP contribution < -0.4 is 5.73 Å². The number of rotatable bonds is 1. The third kappa shape index (κ3) is 2.04. The summed E-state index contributed by atoms with van der Waals surface area (Å²) in [5.74, 6) is 0.729. The molecule has 1 saturated heterocycles. The fourth-order valence-corrected chi connectivity index (χ4v) is 3.81. The van der Waals surface area contributed by atoms with Crippen LogP contribution in [0.2, 0.25) is 5.02 Å². The van der Waals surface area contributed by atoms with Crippen LogP contribution in [0.4, 0.5) is 5.82 Å². The van der Waals surface area contributed by atoms with E-state index in [1.165, 1.54) is 0 Å². The van der Waals surface area contributed by atoms with E-state index in [4.69, 9.17) is 17.3 Å². The summed E-state index contributed by atoms with van der Waals surface area (Å²) < 4.78 is 24.6. The molecule has 1 aromatic heterocycles. The summed E-state index contributed by atoms with van der Waals surface area (Å²) in [6.45, 7) is 1.76. The highest BCUT2D eigenvalue weighted by atomic mass is 35.5. The Kier molecular flexibility index (Phi) is 2.88. The minimum Gasteiger partial charge on any atom is -0.383 e. The van der Waals surface area contributed by atoms with E-state index in [0.29, 0.717) is 23.0 Å². The van der Waals surface area contributed by atoms with Crippen LogP contribution in [0.1, 0.15) is 24.6 Å². The van der Waals surface area contributed by atoms with Crippen LogP contribution in [0.15, 0.2) is 0 Å². The molecule has 5 nitrogen and oxygen atoms in total. The van der Waals surface area contributed by atoms with E-state index >= 15 is 0 Å². The van der Waals surface area contributed by atoms with Gasteiger partial charge in [-0.25, -0.2) is 13.1 Å². The van der Waals surface area contributed by atoms with Crippen molar-refractivity contribution in [3.8, 4) is 0 Å². The highest BCUT2D eigenvalue weighted by molar-refractivity contribution is 7.91. The number of hydrogen-bond donors (Lipinski definition) is 1. The highest BCUT2D eigenvalue weighted by Crippen LogP contribution is 2.30. The van der Waals surface area contributed by atoms with Gasteiger partial charge >= 0.3 is 0 Å². The molecule has 1 atom stereocenters. The van der Waals surface area contributed by atoms with Crippen LogP contribution >= 0.6 is 11.6 Å². The number of anilines is 1. The first-order valence-electron chi connectivity index (χ1n) is 5.11. The predicted molar refractivity (Wildman–Crippen MR) is 63.3 cm³/mol. The number of halogens is 1. The summed E-state index contributed by atoms with van der Waals surface area (Å²) in [6, 6.07) is -0.176. The van der Waals surface area contributed by atoms with Gasteiger partial charge in [-0.3, -0.25) is 0 Å². The average Bonchev–Trinajstić information content (AvgIpc) is 2.45. The van der Waals surface area contributed by atoms with Gasteiger partial charge in [-0.2, -0.15) is 5.10 Å². The standard InChI is InChI=1S/C9H14ClN3O2S/c1-6-8(10)9(11)13(12-6)7-3-2-4-16(14,15)5-7/h7H,2-5,11H2,1H3. The summed E-state index contributed by atoms with van der Waals surface area (Å²) >= 11 is 5.93. The molecular weight excluding hydrogens is 250 g/mol. The molecule has 2 heterocycles. The average molecular weight is 264 g/mol. The number of hydrogen-bond acceptors (Lipinski definition) is 4. The molecule has 0 aromatic carbocycles. The number of nitrogens with two attached hydrogens (primary N) is 1. The number of aryl methyl sites for hydroxylation is 1. The molecule has 0 saturated carbocycles. The molecule has 0 radical (unpaired) electrons. The Bertz CT molecular complexity index is 509. The largest absolute Gasteiger partial charge is 0.383 e. The lowest BCUT2D eigenvalue weighted by Crippen LogP contribution is -2.28. The van der Waals surface area contributed by atoms with Gasteiger partial charge in [-0.05, 0) is 19.8 Å². The van der Waals surface area contributed by atoms with Gasteiger partial charge in [-0.15, -0.1) is 0 Å². The van der Waals surface area contributed by atoms with Gasteiger partial charge in [0.1, 0.15) is 10.8 Å². The van der Waals surface area contributed by atoms with Crippen molar-refractivity contribution in [3.05, 3.63) is 10.7 Å². The maximum Gasteiger partial charge on any atom is 0.152 e. The van der Waals surface area contributed by atoms with Crippen molar-refractivity contribution in [3.63, 3.8) is 0 Å². The normalized spacial score (nSPS) is 24.5. The highest BCUT2D eigenvalue weighted by Gasteiger charge is 2.28. The summed E-state index contributed by atoms with van der Waals surface area (Å²) in [5.41, 5.74) is 6.44. The molecule has 2 N–H and O–H groups in total. The van der Waals surface area contributed by atoms with E-state index in [-0.39, 0.29) is 17.5 Å². The molecule has 1 aromatic rings. The number of sulfone groups is 1. The molecule has 1 fully saturated rings. The summed E-state index contributed by atoms with van der Waals surface area (Å²) in [6.07, 6.45) is 1.43. The molecule has 1 unspecified atom stereocenters. The van der Waals surface area contributed by atoms with Crippen LogP contribution in [0.25, 0.3) is 0 Å². The van der Waals surface area contributed by atoms with Crippen LogP contribution in [0.3, 0.4) is 0 Å². The Hall–Kier alpha value is -0.750. The Morgan fingerprint density at radius 3 is 2.75 bits per heavy atom. The zero-order valence-corrected chi connectivity index (χ0v) is 10.6. The Morgan fingerprint density at radius 2 is 2.25 bits per heavy atom. The van der Waals surface area contributed by atoms with Crippen LogP contribution in [-0.2, 0) is 9.84 Å². The van der Waals surface area contributed by atoms with E-state index in [9.17, 15) is 8.42 Å². The Balaban J connectivity index is 2.34. The van der Waals surface area contributed by atoms with Gasteiger partial charge < -0.3 is 5.73 Å². The lowest BCUT2D eigenvalue weighted by atomic mass is 10.2. The van der Waals surface area contributed by atoms with E-state index in [1.54, 1.807) is 11.6 Å². The maximum absolute atomic E-state index is 11.5. The molecule has 0 bridgehead atoms. The molecule has 2 rings (SSSR count). The van der Waals surface area contributed by atoms with Gasteiger partial charge in [-0.1, -0.05) is 11.6 Å². The quantitative estimate of drug-likeness (QED) is 0.825. The first-order chi connectivity index (χ1) is 7.41. The minimum absolute atomic E-state index is 0.106. The zero-order chi connectivity index (χ0) is 11.9. The maximum atomic E-state index is 11.5. The predicted octanol–water partition coefficient (Wildman–Crippen LogP) is 1.18. The summed E-state index contributed by atoms with van der Waals surface area (Å²) in [5, 5.41) is 4.61. The summed E-state index contributed by atoms with van der Waals surface area (Å²) in [4.78, 5) is 0. The van der Waals surface area contributed by atoms with E-state index < -0.39 is 9.84 Å². The lowest BCUT2D eigenvalue weighted by Gasteiger charge is -2.23. The van der Waals surface area contributed by atoms with Crippen LogP contribution in [-0.4, -0.2) is 29.7 Å². The van der Waals surface area contributed by atoms with Gasteiger partial charge in [0, 0.05) is 0 Å². The van der Waals surface area contributed by atoms with Crippen molar-refractivity contribution in [1.82, 2.24) is 9.78 Å². The van der Waals surface area contributed by atoms with Gasteiger partial charge in [0.15, 0.2) is 9.84 Å². The molecule has 0 spiro atoms. The summed E-state index contributed by atoms with van der Waals surface area (Å²) in [7, 11) is -2.96. The van der Waals surface area contributed by atoms with Crippen molar-refractivity contribution < 1.29 is 8.42 Å². The van der Waals surface area contributed by atoms with E-state index in [1.807, 2.05) is 0 Å². The minimum atomic E-state index is -2.96. The molecule has 0 amide bonds. The number of nitrogens with zero attached hydrogens (tertiary/aromatic N) is 2. The van der Waals surface area contributed by atoms with Crippen molar-refractivity contribution in [2.24, 2.45) is 0 Å². The van der Waals surface area contributed by atoms with Gasteiger partial charge in [0.25, 0.3) is 0 Å². The zero-order valence-electron chi connectivity index (χ0n) is 8.98. The first kappa shape index (κ1) is 11.7. The van der Waals surface area contributed by atoms with Gasteiger partial charge in [0.05, 0.1) is 23.2 Å². The SMILES string of the molecule is Cc1nn(C2CCCS(=O)(=O)C2)c(N)c1Cl. The smallest absolute Gasteiger partial charge is 0.152 e. The second-order valence-electron chi connectivity index (χ2n) is 4.14. The Morgan fingerprint density at radius 1 is 1.56 bits per heavy atom. The van der Waals surface area contributed by atoms with E-state index in [0.717, 1.165) is 6.42 Å². The molecule has 7 heteroatoms. The van der Waals surface area contributed by atoms with Crippen molar-refractivity contribution in [2.45, 2.75) is 25.8 Å². The topological polar surface area (TPSA) is 78.0 Å². The second-order valence-corrected chi connectivity index (χ2v) is 6.75. The number of aromatic nitrogens is 2. The van der Waals surface area contributed by atoms with Gasteiger partial charge in [0.2, 0.25) is 0 Å². The lowest BCUT2D eigenvalue weighted by molar-refractivity contribution is 0.438. The first-order valence-corrected chi connectivity index (χ1v) is 7.31.